The number of oxazole rings is 1. The van der Waals surface area contributed by atoms with Crippen LogP contribution in [0.3, 0.4) is 0 Å². The lowest BCUT2D eigenvalue weighted by molar-refractivity contribution is 0.102. The Morgan fingerprint density at radius 3 is 2.84 bits per heavy atom. The SMILES string of the molecule is CCN1c2ncc(CSc3nc4ccccc4o3)cc2C(=O)Nc2c(C)cc(Cl)nc21. The predicted octanol–water partition coefficient (Wildman–Crippen LogP) is 5.60. The fourth-order valence-corrected chi connectivity index (χ4v) is 4.57. The molecule has 1 N–H and O–H groups in total. The minimum absolute atomic E-state index is 0.222. The second kappa shape index (κ2) is 7.86. The van der Waals surface area contributed by atoms with Gasteiger partial charge in [0, 0.05) is 18.5 Å². The van der Waals surface area contributed by atoms with Gasteiger partial charge < -0.3 is 14.6 Å². The van der Waals surface area contributed by atoms with Gasteiger partial charge in [-0.15, -0.1) is 0 Å². The summed E-state index contributed by atoms with van der Waals surface area (Å²) in [4.78, 5) is 28.5. The first-order valence-electron chi connectivity index (χ1n) is 9.77. The second-order valence-electron chi connectivity index (χ2n) is 7.11. The van der Waals surface area contributed by atoms with E-state index in [-0.39, 0.29) is 5.91 Å². The highest BCUT2D eigenvalue weighted by atomic mass is 35.5. The molecule has 31 heavy (non-hydrogen) atoms. The molecule has 0 fully saturated rings. The van der Waals surface area contributed by atoms with Crippen LogP contribution in [0.4, 0.5) is 17.3 Å². The zero-order valence-electron chi connectivity index (χ0n) is 16.8. The normalized spacial score (nSPS) is 13.0. The first-order valence-corrected chi connectivity index (χ1v) is 11.1. The number of aromatic nitrogens is 3. The summed E-state index contributed by atoms with van der Waals surface area (Å²) in [6.45, 7) is 4.47. The van der Waals surface area contributed by atoms with Crippen molar-refractivity contribution >= 4 is 57.7 Å². The molecule has 0 aliphatic carbocycles. The van der Waals surface area contributed by atoms with E-state index in [2.05, 4.69) is 20.3 Å². The third kappa shape index (κ3) is 3.62. The minimum atomic E-state index is -0.222. The quantitative estimate of drug-likeness (QED) is 0.319. The van der Waals surface area contributed by atoms with Crippen LogP contribution < -0.4 is 10.2 Å². The average molecular weight is 452 g/mol. The number of para-hydroxylation sites is 2. The van der Waals surface area contributed by atoms with Gasteiger partial charge in [0.1, 0.15) is 16.5 Å². The first kappa shape index (κ1) is 19.8. The molecule has 7 nitrogen and oxygen atoms in total. The van der Waals surface area contributed by atoms with Crippen LogP contribution in [0.15, 0.2) is 52.2 Å². The van der Waals surface area contributed by atoms with Crippen molar-refractivity contribution in [2.24, 2.45) is 0 Å². The Labute approximate surface area is 187 Å². The second-order valence-corrected chi connectivity index (χ2v) is 8.42. The third-order valence-electron chi connectivity index (χ3n) is 5.04. The lowest BCUT2D eigenvalue weighted by Gasteiger charge is -2.23. The number of benzene rings is 1. The maximum Gasteiger partial charge on any atom is 0.259 e. The summed E-state index contributed by atoms with van der Waals surface area (Å²) in [5.74, 6) is 1.51. The highest BCUT2D eigenvalue weighted by molar-refractivity contribution is 7.98. The van der Waals surface area contributed by atoms with Gasteiger partial charge in [0.05, 0.1) is 11.3 Å². The van der Waals surface area contributed by atoms with E-state index in [0.717, 1.165) is 22.2 Å². The molecule has 1 aromatic carbocycles. The Hall–Kier alpha value is -3.10. The number of hydrogen-bond acceptors (Lipinski definition) is 7. The summed E-state index contributed by atoms with van der Waals surface area (Å²) in [6, 6.07) is 11.2. The molecule has 0 spiro atoms. The van der Waals surface area contributed by atoms with Gasteiger partial charge in [-0.05, 0) is 49.2 Å². The van der Waals surface area contributed by atoms with Crippen LogP contribution in [-0.4, -0.2) is 27.4 Å². The summed E-state index contributed by atoms with van der Waals surface area (Å²) in [5.41, 5.74) is 4.46. The Balaban J connectivity index is 1.47. The van der Waals surface area contributed by atoms with Crippen molar-refractivity contribution < 1.29 is 9.21 Å². The molecule has 0 bridgehead atoms. The Kier molecular flexibility index (Phi) is 5.03. The van der Waals surface area contributed by atoms with Crippen LogP contribution in [0.25, 0.3) is 11.1 Å². The van der Waals surface area contributed by atoms with Gasteiger partial charge in [0.25, 0.3) is 11.1 Å². The number of rotatable bonds is 4. The zero-order chi connectivity index (χ0) is 21.5. The molecule has 9 heteroatoms. The number of nitrogens with zero attached hydrogens (tertiary/aromatic N) is 4. The van der Waals surface area contributed by atoms with E-state index in [9.17, 15) is 4.79 Å². The van der Waals surface area contributed by atoms with Crippen molar-refractivity contribution in [2.45, 2.75) is 24.8 Å². The molecule has 4 aromatic rings. The monoisotopic (exact) mass is 451 g/mol. The number of anilines is 3. The van der Waals surface area contributed by atoms with Crippen LogP contribution in [-0.2, 0) is 5.75 Å². The summed E-state index contributed by atoms with van der Waals surface area (Å²) in [6.07, 6.45) is 1.77. The average Bonchev–Trinajstić information content (AvgIpc) is 3.13. The number of halogens is 1. The maximum atomic E-state index is 13.0. The first-order chi connectivity index (χ1) is 15.0. The molecule has 4 heterocycles. The third-order valence-corrected chi connectivity index (χ3v) is 6.13. The molecule has 0 unspecified atom stereocenters. The van der Waals surface area contributed by atoms with Crippen LogP contribution in [0.5, 0.6) is 0 Å². The van der Waals surface area contributed by atoms with Crippen molar-refractivity contribution in [2.75, 3.05) is 16.8 Å². The van der Waals surface area contributed by atoms with Gasteiger partial charge in [0.15, 0.2) is 11.4 Å². The molecule has 156 valence electrons. The van der Waals surface area contributed by atoms with E-state index in [1.807, 2.05) is 49.1 Å². The van der Waals surface area contributed by atoms with Crippen LogP contribution >= 0.6 is 23.4 Å². The van der Waals surface area contributed by atoms with E-state index in [0.29, 0.717) is 45.6 Å². The summed E-state index contributed by atoms with van der Waals surface area (Å²) in [7, 11) is 0. The van der Waals surface area contributed by atoms with Crippen molar-refractivity contribution in [3.8, 4) is 0 Å². The Morgan fingerprint density at radius 1 is 1.19 bits per heavy atom. The number of aryl methyl sites for hydroxylation is 1. The molecular formula is C22H18ClN5O2S. The van der Waals surface area contributed by atoms with Crippen molar-refractivity contribution in [3.05, 3.63) is 64.4 Å². The van der Waals surface area contributed by atoms with Gasteiger partial charge in [-0.25, -0.2) is 15.0 Å². The summed E-state index contributed by atoms with van der Waals surface area (Å²) in [5, 5.41) is 3.93. The Morgan fingerprint density at radius 2 is 2.03 bits per heavy atom. The van der Waals surface area contributed by atoms with E-state index in [1.54, 1.807) is 12.3 Å². The molecule has 3 aromatic heterocycles. The highest BCUT2D eigenvalue weighted by Gasteiger charge is 2.28. The maximum absolute atomic E-state index is 13.0. The van der Waals surface area contributed by atoms with Crippen molar-refractivity contribution in [1.82, 2.24) is 15.0 Å². The van der Waals surface area contributed by atoms with Crippen LogP contribution in [0.2, 0.25) is 5.15 Å². The topological polar surface area (TPSA) is 84.2 Å². The molecule has 5 rings (SSSR count). The standard InChI is InChI=1S/C22H18ClN5O2S/c1-3-28-19-14(21(29)27-18-12(2)8-17(23)26-20(18)28)9-13(10-24-19)11-31-22-25-15-6-4-5-7-16(15)30-22/h4-10H,3,11H2,1-2H3,(H,27,29). The van der Waals surface area contributed by atoms with Gasteiger partial charge in [-0.2, -0.15) is 0 Å². The number of thioether (sulfide) groups is 1. The van der Waals surface area contributed by atoms with Crippen molar-refractivity contribution in [3.63, 3.8) is 0 Å². The molecule has 1 aliphatic rings. The molecule has 0 atom stereocenters. The number of amides is 1. The Bertz CT molecular complexity index is 1290. The molecule has 0 radical (unpaired) electrons. The lowest BCUT2D eigenvalue weighted by Crippen LogP contribution is -2.20. The highest BCUT2D eigenvalue weighted by Crippen LogP contribution is 2.38. The van der Waals surface area contributed by atoms with E-state index >= 15 is 0 Å². The number of hydrogen-bond donors (Lipinski definition) is 1. The van der Waals surface area contributed by atoms with E-state index < -0.39 is 0 Å². The number of carbonyl (C=O) groups is 1. The van der Waals surface area contributed by atoms with Crippen molar-refractivity contribution in [1.29, 1.82) is 0 Å². The molecule has 0 saturated heterocycles. The predicted molar refractivity (Wildman–Crippen MR) is 122 cm³/mol. The lowest BCUT2D eigenvalue weighted by atomic mass is 10.2. The molecule has 0 saturated carbocycles. The number of pyridine rings is 2. The van der Waals surface area contributed by atoms with Gasteiger partial charge in [-0.1, -0.05) is 35.5 Å². The smallest absolute Gasteiger partial charge is 0.259 e. The zero-order valence-corrected chi connectivity index (χ0v) is 18.4. The van der Waals surface area contributed by atoms with Gasteiger partial charge >= 0.3 is 0 Å². The summed E-state index contributed by atoms with van der Waals surface area (Å²) < 4.78 is 5.77. The summed E-state index contributed by atoms with van der Waals surface area (Å²) >= 11 is 7.65. The number of fused-ring (bicyclic) bond motifs is 3. The molecule has 1 aliphatic heterocycles. The van der Waals surface area contributed by atoms with E-state index in [1.165, 1.54) is 11.8 Å². The van der Waals surface area contributed by atoms with Gasteiger partial charge in [0.2, 0.25) is 0 Å². The fraction of sp³-hybridized carbons (Fsp3) is 0.182. The van der Waals surface area contributed by atoms with Crippen LogP contribution in [0.1, 0.15) is 28.4 Å². The van der Waals surface area contributed by atoms with Gasteiger partial charge in [-0.3, -0.25) is 4.79 Å². The largest absolute Gasteiger partial charge is 0.431 e. The number of nitrogens with one attached hydrogen (secondary N) is 1. The molecule has 1 amide bonds. The van der Waals surface area contributed by atoms with Crippen LogP contribution in [0, 0.1) is 6.92 Å². The molecular weight excluding hydrogens is 434 g/mol. The van der Waals surface area contributed by atoms with E-state index in [4.69, 9.17) is 16.0 Å². The fourth-order valence-electron chi connectivity index (χ4n) is 3.57. The number of carbonyl (C=O) groups excluding carboxylic acids is 1. The minimum Gasteiger partial charge on any atom is -0.431 e.